The summed E-state index contributed by atoms with van der Waals surface area (Å²) in [4.78, 5) is 8.50. The van der Waals surface area contributed by atoms with Crippen molar-refractivity contribution in [2.45, 2.75) is 25.8 Å². The number of hydrogen-bond acceptors (Lipinski definition) is 5. The zero-order valence-corrected chi connectivity index (χ0v) is 10.1. The lowest BCUT2D eigenvalue weighted by atomic mass is 10.2. The highest BCUT2D eigenvalue weighted by atomic mass is 16.5. The smallest absolute Gasteiger partial charge is 0.227 e. The monoisotopic (exact) mass is 232 g/mol. The molecular weight excluding hydrogens is 216 g/mol. The van der Waals surface area contributed by atoms with E-state index in [0.29, 0.717) is 17.8 Å². The van der Waals surface area contributed by atoms with Gasteiger partial charge in [-0.1, -0.05) is 11.2 Å². The molecule has 0 saturated heterocycles. The fraction of sp³-hybridized carbons (Fsp3) is 0.417. The van der Waals surface area contributed by atoms with Crippen molar-refractivity contribution in [3.8, 4) is 11.5 Å². The van der Waals surface area contributed by atoms with Crippen LogP contribution >= 0.6 is 0 Å². The highest BCUT2D eigenvalue weighted by molar-refractivity contribution is 5.46. The van der Waals surface area contributed by atoms with Crippen LogP contribution < -0.4 is 5.32 Å². The Morgan fingerprint density at radius 3 is 3.00 bits per heavy atom. The van der Waals surface area contributed by atoms with Gasteiger partial charge in [-0.2, -0.15) is 4.98 Å². The summed E-state index contributed by atoms with van der Waals surface area (Å²) in [5, 5.41) is 7.09. The number of aryl methyl sites for hydroxylation is 1. The molecule has 0 fully saturated rings. The van der Waals surface area contributed by atoms with Crippen LogP contribution in [0.3, 0.4) is 0 Å². The molecule has 0 radical (unpaired) electrons. The summed E-state index contributed by atoms with van der Waals surface area (Å²) in [6, 6.07) is 6.07. The molecular formula is C12H16N4O. The number of nitrogens with zero attached hydrogens (tertiary/aromatic N) is 3. The maximum absolute atomic E-state index is 5.19. The van der Waals surface area contributed by atoms with E-state index in [9.17, 15) is 0 Å². The number of pyridine rings is 1. The first-order chi connectivity index (χ1) is 8.29. The van der Waals surface area contributed by atoms with E-state index in [1.165, 1.54) is 0 Å². The molecule has 5 nitrogen and oxygen atoms in total. The van der Waals surface area contributed by atoms with Gasteiger partial charge in [0.15, 0.2) is 0 Å². The lowest BCUT2D eigenvalue weighted by Crippen LogP contribution is -2.21. The molecule has 17 heavy (non-hydrogen) atoms. The van der Waals surface area contributed by atoms with Crippen molar-refractivity contribution >= 4 is 0 Å². The summed E-state index contributed by atoms with van der Waals surface area (Å²) < 4.78 is 5.19. The lowest BCUT2D eigenvalue weighted by molar-refractivity contribution is 0.369. The van der Waals surface area contributed by atoms with E-state index in [0.717, 1.165) is 18.5 Å². The van der Waals surface area contributed by atoms with Crippen LogP contribution in [0.15, 0.2) is 28.9 Å². The summed E-state index contributed by atoms with van der Waals surface area (Å²) >= 11 is 0. The SMILES string of the molecule is CNC(C)CCc1nc(-c2ccccn2)no1. The van der Waals surface area contributed by atoms with E-state index in [1.807, 2.05) is 25.2 Å². The Kier molecular flexibility index (Phi) is 3.82. The molecule has 0 aromatic carbocycles. The van der Waals surface area contributed by atoms with E-state index in [2.05, 4.69) is 27.4 Å². The highest BCUT2D eigenvalue weighted by Crippen LogP contribution is 2.12. The molecule has 5 heteroatoms. The van der Waals surface area contributed by atoms with Gasteiger partial charge in [0.2, 0.25) is 11.7 Å². The maximum Gasteiger partial charge on any atom is 0.227 e. The Bertz CT molecular complexity index is 455. The first-order valence-electron chi connectivity index (χ1n) is 5.71. The predicted octanol–water partition coefficient (Wildman–Crippen LogP) is 1.67. The van der Waals surface area contributed by atoms with E-state index in [1.54, 1.807) is 6.20 Å². The standard InChI is InChI=1S/C12H16N4O/c1-9(13-2)6-7-11-15-12(16-17-11)10-5-3-4-8-14-10/h3-5,8-9,13H,6-7H2,1-2H3. The maximum atomic E-state index is 5.19. The molecule has 0 spiro atoms. The fourth-order valence-corrected chi connectivity index (χ4v) is 1.44. The van der Waals surface area contributed by atoms with E-state index in [4.69, 9.17) is 4.52 Å². The van der Waals surface area contributed by atoms with Crippen molar-refractivity contribution < 1.29 is 4.52 Å². The summed E-state index contributed by atoms with van der Waals surface area (Å²) in [7, 11) is 1.94. The van der Waals surface area contributed by atoms with Crippen LogP contribution in [0.4, 0.5) is 0 Å². The average Bonchev–Trinajstić information content (AvgIpc) is 2.86. The predicted molar refractivity (Wildman–Crippen MR) is 64.4 cm³/mol. The molecule has 0 saturated carbocycles. The molecule has 1 atom stereocenters. The van der Waals surface area contributed by atoms with Crippen LogP contribution in [0, 0.1) is 0 Å². The van der Waals surface area contributed by atoms with Gasteiger partial charge in [-0.3, -0.25) is 4.98 Å². The molecule has 0 bridgehead atoms. The molecule has 2 rings (SSSR count). The second-order valence-electron chi connectivity index (χ2n) is 3.96. The average molecular weight is 232 g/mol. The summed E-state index contributed by atoms with van der Waals surface area (Å²) in [6.07, 6.45) is 3.47. The van der Waals surface area contributed by atoms with Crippen molar-refractivity contribution in [2.24, 2.45) is 0 Å². The number of hydrogen-bond donors (Lipinski definition) is 1. The van der Waals surface area contributed by atoms with Gasteiger partial charge in [0.1, 0.15) is 5.69 Å². The van der Waals surface area contributed by atoms with Gasteiger partial charge in [0.25, 0.3) is 0 Å². The fourth-order valence-electron chi connectivity index (χ4n) is 1.44. The van der Waals surface area contributed by atoms with Gasteiger partial charge >= 0.3 is 0 Å². The minimum atomic E-state index is 0.445. The summed E-state index contributed by atoms with van der Waals surface area (Å²) in [5.74, 6) is 1.21. The quantitative estimate of drug-likeness (QED) is 0.849. The normalized spacial score (nSPS) is 12.6. The molecule has 0 aliphatic carbocycles. The van der Waals surface area contributed by atoms with Crippen LogP contribution in [-0.2, 0) is 6.42 Å². The third-order valence-electron chi connectivity index (χ3n) is 2.65. The molecule has 0 amide bonds. The molecule has 2 aromatic rings. The van der Waals surface area contributed by atoms with Gasteiger partial charge in [0.05, 0.1) is 0 Å². The lowest BCUT2D eigenvalue weighted by Gasteiger charge is -2.06. The molecule has 0 aliphatic heterocycles. The minimum Gasteiger partial charge on any atom is -0.339 e. The molecule has 1 unspecified atom stereocenters. The second kappa shape index (κ2) is 5.54. The van der Waals surface area contributed by atoms with Gasteiger partial charge in [-0.05, 0) is 32.5 Å². The Hall–Kier alpha value is -1.75. The molecule has 90 valence electrons. The first-order valence-corrected chi connectivity index (χ1v) is 5.71. The van der Waals surface area contributed by atoms with Crippen LogP contribution in [0.5, 0.6) is 0 Å². The van der Waals surface area contributed by atoms with Gasteiger partial charge in [-0.15, -0.1) is 0 Å². The zero-order valence-electron chi connectivity index (χ0n) is 10.1. The van der Waals surface area contributed by atoms with Crippen molar-refractivity contribution in [2.75, 3.05) is 7.05 Å². The van der Waals surface area contributed by atoms with Gasteiger partial charge in [-0.25, -0.2) is 0 Å². The zero-order chi connectivity index (χ0) is 12.1. The highest BCUT2D eigenvalue weighted by Gasteiger charge is 2.10. The topological polar surface area (TPSA) is 63.8 Å². The Morgan fingerprint density at radius 1 is 1.41 bits per heavy atom. The molecule has 1 N–H and O–H groups in total. The Morgan fingerprint density at radius 2 is 2.29 bits per heavy atom. The summed E-state index contributed by atoms with van der Waals surface area (Å²) in [6.45, 7) is 2.12. The van der Waals surface area contributed by atoms with E-state index in [-0.39, 0.29) is 0 Å². The van der Waals surface area contributed by atoms with Crippen molar-refractivity contribution in [1.82, 2.24) is 20.4 Å². The largest absolute Gasteiger partial charge is 0.339 e. The summed E-state index contributed by atoms with van der Waals surface area (Å²) in [5.41, 5.74) is 0.740. The van der Waals surface area contributed by atoms with Crippen LogP contribution in [-0.4, -0.2) is 28.2 Å². The first kappa shape index (κ1) is 11.7. The van der Waals surface area contributed by atoms with Crippen LogP contribution in [0.2, 0.25) is 0 Å². The van der Waals surface area contributed by atoms with E-state index < -0.39 is 0 Å². The number of aromatic nitrogens is 3. The van der Waals surface area contributed by atoms with Crippen molar-refractivity contribution in [3.63, 3.8) is 0 Å². The molecule has 0 aliphatic rings. The minimum absolute atomic E-state index is 0.445. The Balaban J connectivity index is 2.01. The van der Waals surface area contributed by atoms with Gasteiger partial charge in [0, 0.05) is 18.7 Å². The van der Waals surface area contributed by atoms with E-state index >= 15 is 0 Å². The third kappa shape index (κ3) is 3.10. The molecule has 2 heterocycles. The second-order valence-corrected chi connectivity index (χ2v) is 3.96. The van der Waals surface area contributed by atoms with Crippen LogP contribution in [0.1, 0.15) is 19.2 Å². The third-order valence-corrected chi connectivity index (χ3v) is 2.65. The number of nitrogens with one attached hydrogen (secondary N) is 1. The molecule has 2 aromatic heterocycles. The van der Waals surface area contributed by atoms with Crippen molar-refractivity contribution in [1.29, 1.82) is 0 Å². The number of rotatable bonds is 5. The van der Waals surface area contributed by atoms with Gasteiger partial charge < -0.3 is 9.84 Å². The van der Waals surface area contributed by atoms with Crippen LogP contribution in [0.25, 0.3) is 11.5 Å². The Labute approximate surface area is 100 Å². The van der Waals surface area contributed by atoms with Crippen molar-refractivity contribution in [3.05, 3.63) is 30.3 Å².